The quantitative estimate of drug-likeness (QED) is 0.709. The molecule has 22 heavy (non-hydrogen) atoms. The predicted octanol–water partition coefficient (Wildman–Crippen LogP) is 4.17. The molecule has 1 aliphatic heterocycles. The van der Waals surface area contributed by atoms with Gasteiger partial charge in [-0.25, -0.2) is 4.98 Å². The molecule has 0 unspecified atom stereocenters. The number of aromatic nitrogens is 2. The van der Waals surface area contributed by atoms with Gasteiger partial charge in [-0.05, 0) is 7.05 Å². The van der Waals surface area contributed by atoms with Gasteiger partial charge in [0.15, 0.2) is 5.16 Å². The zero-order chi connectivity index (χ0) is 14.9. The van der Waals surface area contributed by atoms with E-state index in [1.165, 1.54) is 16.8 Å². The average Bonchev–Trinajstić information content (AvgIpc) is 2.95. The first-order chi connectivity index (χ1) is 10.8. The molecule has 110 valence electrons. The van der Waals surface area contributed by atoms with Crippen molar-refractivity contribution in [3.8, 4) is 22.5 Å². The summed E-state index contributed by atoms with van der Waals surface area (Å²) in [5.74, 6) is 0.986. The van der Waals surface area contributed by atoms with Crippen molar-refractivity contribution in [2.45, 2.75) is 11.8 Å². The molecule has 1 aliphatic rings. The van der Waals surface area contributed by atoms with Crippen LogP contribution in [0.3, 0.4) is 0 Å². The summed E-state index contributed by atoms with van der Waals surface area (Å²) >= 11 is 1.80. The normalized spacial score (nSPS) is 14.8. The van der Waals surface area contributed by atoms with Gasteiger partial charge in [-0.2, -0.15) is 0 Å². The summed E-state index contributed by atoms with van der Waals surface area (Å²) in [6.45, 7) is 0.881. The average molecular weight is 307 g/mol. The second kappa shape index (κ2) is 5.63. The van der Waals surface area contributed by atoms with Gasteiger partial charge >= 0.3 is 0 Å². The van der Waals surface area contributed by atoms with Crippen LogP contribution in [-0.4, -0.2) is 27.4 Å². The number of fused-ring (bicyclic) bond motifs is 1. The van der Waals surface area contributed by atoms with Crippen LogP contribution < -0.4 is 0 Å². The molecule has 0 fully saturated rings. The van der Waals surface area contributed by atoms with Crippen LogP contribution in [0.2, 0.25) is 0 Å². The van der Waals surface area contributed by atoms with Crippen LogP contribution in [0.25, 0.3) is 22.5 Å². The van der Waals surface area contributed by atoms with Crippen molar-refractivity contribution in [1.29, 1.82) is 0 Å². The van der Waals surface area contributed by atoms with Gasteiger partial charge in [0.25, 0.3) is 0 Å². The molecule has 2 heterocycles. The van der Waals surface area contributed by atoms with Crippen LogP contribution in [-0.2, 0) is 6.67 Å². The molecule has 0 saturated carbocycles. The zero-order valence-corrected chi connectivity index (χ0v) is 13.3. The monoisotopic (exact) mass is 307 g/mol. The third-order valence-electron chi connectivity index (χ3n) is 3.82. The van der Waals surface area contributed by atoms with E-state index in [1.54, 1.807) is 11.8 Å². The number of hydrogen-bond acceptors (Lipinski definition) is 3. The highest BCUT2D eigenvalue weighted by Gasteiger charge is 2.23. The Bertz CT molecular complexity index is 781. The Morgan fingerprint density at radius 1 is 0.909 bits per heavy atom. The molecule has 4 heteroatoms. The third-order valence-corrected chi connectivity index (χ3v) is 4.96. The Labute approximate surface area is 134 Å². The lowest BCUT2D eigenvalue weighted by molar-refractivity contribution is 0.291. The molecule has 0 bridgehead atoms. The Morgan fingerprint density at radius 2 is 1.55 bits per heavy atom. The molecule has 2 aromatic carbocycles. The van der Waals surface area contributed by atoms with Crippen molar-refractivity contribution < 1.29 is 0 Å². The van der Waals surface area contributed by atoms with Crippen molar-refractivity contribution in [2.75, 3.05) is 12.9 Å². The van der Waals surface area contributed by atoms with Crippen LogP contribution in [0.15, 0.2) is 65.8 Å². The third kappa shape index (κ3) is 2.34. The highest BCUT2D eigenvalue weighted by Crippen LogP contribution is 2.37. The first-order valence-electron chi connectivity index (χ1n) is 7.35. The van der Waals surface area contributed by atoms with Gasteiger partial charge in [-0.15, -0.1) is 0 Å². The maximum absolute atomic E-state index is 4.93. The number of hydrogen-bond donors (Lipinski definition) is 0. The number of imidazole rings is 1. The molecule has 0 radical (unpaired) electrons. The van der Waals surface area contributed by atoms with Crippen LogP contribution in [0.5, 0.6) is 0 Å². The smallest absolute Gasteiger partial charge is 0.171 e. The molecule has 3 nitrogen and oxygen atoms in total. The fourth-order valence-electron chi connectivity index (χ4n) is 2.81. The lowest BCUT2D eigenvalue weighted by Gasteiger charge is -2.24. The highest BCUT2D eigenvalue weighted by atomic mass is 32.2. The maximum Gasteiger partial charge on any atom is 0.171 e. The van der Waals surface area contributed by atoms with Crippen LogP contribution in [0.1, 0.15) is 0 Å². The van der Waals surface area contributed by atoms with Gasteiger partial charge in [0.05, 0.1) is 23.9 Å². The lowest BCUT2D eigenvalue weighted by atomic mass is 10.0. The zero-order valence-electron chi connectivity index (χ0n) is 12.4. The maximum atomic E-state index is 4.93. The van der Waals surface area contributed by atoms with Gasteiger partial charge < -0.3 is 4.57 Å². The van der Waals surface area contributed by atoms with Gasteiger partial charge in [0.2, 0.25) is 0 Å². The second-order valence-electron chi connectivity index (χ2n) is 5.52. The minimum absolute atomic E-state index is 0.881. The van der Waals surface area contributed by atoms with Crippen LogP contribution in [0.4, 0.5) is 0 Å². The number of nitrogens with zero attached hydrogens (tertiary/aromatic N) is 3. The number of thioether (sulfide) groups is 1. The Balaban J connectivity index is 1.95. The van der Waals surface area contributed by atoms with Crippen LogP contribution in [0, 0.1) is 0 Å². The van der Waals surface area contributed by atoms with E-state index in [2.05, 4.69) is 71.1 Å². The molecular weight excluding hydrogens is 290 g/mol. The van der Waals surface area contributed by atoms with Crippen molar-refractivity contribution in [1.82, 2.24) is 14.5 Å². The molecule has 1 aromatic heterocycles. The molecule has 3 aromatic rings. The largest absolute Gasteiger partial charge is 0.305 e. The highest BCUT2D eigenvalue weighted by molar-refractivity contribution is 7.99. The van der Waals surface area contributed by atoms with E-state index in [0.29, 0.717) is 0 Å². The SMILES string of the molecule is CN1CSc2nc(-c3ccccc3)c(-c3ccccc3)n2C1. The van der Waals surface area contributed by atoms with Crippen molar-refractivity contribution in [3.63, 3.8) is 0 Å². The molecule has 0 saturated heterocycles. The van der Waals surface area contributed by atoms with Gasteiger partial charge in [-0.1, -0.05) is 72.4 Å². The van der Waals surface area contributed by atoms with E-state index in [0.717, 1.165) is 23.4 Å². The molecule has 0 N–H and O–H groups in total. The van der Waals surface area contributed by atoms with Crippen LogP contribution >= 0.6 is 11.8 Å². The number of benzene rings is 2. The molecule has 0 amide bonds. The summed E-state index contributed by atoms with van der Waals surface area (Å²) < 4.78 is 2.33. The van der Waals surface area contributed by atoms with E-state index in [4.69, 9.17) is 4.98 Å². The Hall–Kier alpha value is -2.04. The van der Waals surface area contributed by atoms with E-state index >= 15 is 0 Å². The fourth-order valence-corrected chi connectivity index (χ4v) is 3.69. The first-order valence-corrected chi connectivity index (χ1v) is 8.34. The first kappa shape index (κ1) is 13.6. The fraction of sp³-hybridized carbons (Fsp3) is 0.167. The molecule has 0 aliphatic carbocycles. The van der Waals surface area contributed by atoms with Crippen molar-refractivity contribution >= 4 is 11.8 Å². The summed E-state index contributed by atoms with van der Waals surface area (Å²) in [4.78, 5) is 7.24. The Kier molecular flexibility index (Phi) is 3.48. The van der Waals surface area contributed by atoms with Crippen molar-refractivity contribution in [3.05, 3.63) is 60.7 Å². The summed E-state index contributed by atoms with van der Waals surface area (Å²) in [6, 6.07) is 21.0. The molecule has 0 spiro atoms. The van der Waals surface area contributed by atoms with E-state index in [-0.39, 0.29) is 0 Å². The molecule has 0 atom stereocenters. The van der Waals surface area contributed by atoms with Gasteiger partial charge in [0, 0.05) is 11.1 Å². The summed E-state index contributed by atoms with van der Waals surface area (Å²) in [7, 11) is 2.15. The summed E-state index contributed by atoms with van der Waals surface area (Å²) in [6.07, 6.45) is 0. The lowest BCUT2D eigenvalue weighted by Crippen LogP contribution is -2.26. The predicted molar refractivity (Wildman–Crippen MR) is 91.6 cm³/mol. The van der Waals surface area contributed by atoms with E-state index < -0.39 is 0 Å². The summed E-state index contributed by atoms with van der Waals surface area (Å²) in [5.41, 5.74) is 4.67. The topological polar surface area (TPSA) is 21.1 Å². The Morgan fingerprint density at radius 3 is 2.23 bits per heavy atom. The molecular formula is C18H17N3S. The van der Waals surface area contributed by atoms with Gasteiger partial charge in [-0.3, -0.25) is 4.90 Å². The van der Waals surface area contributed by atoms with Gasteiger partial charge in [0.1, 0.15) is 0 Å². The summed E-state index contributed by atoms with van der Waals surface area (Å²) in [5, 5.41) is 1.11. The minimum Gasteiger partial charge on any atom is -0.305 e. The number of rotatable bonds is 2. The van der Waals surface area contributed by atoms with Crippen molar-refractivity contribution in [2.24, 2.45) is 0 Å². The second-order valence-corrected chi connectivity index (χ2v) is 6.43. The standard InChI is InChI=1S/C18H17N3S/c1-20-12-21-17(15-10-6-3-7-11-15)16(19-18(21)22-13-20)14-8-4-2-5-9-14/h2-11H,12-13H2,1H3. The van der Waals surface area contributed by atoms with E-state index in [9.17, 15) is 0 Å². The minimum atomic E-state index is 0.881. The molecule has 4 rings (SSSR count). The van der Waals surface area contributed by atoms with E-state index in [1.807, 2.05) is 6.07 Å².